The number of carbonyl (C=O) groups excluding carboxylic acids is 1. The molecular formula is C16H25N3O. The molecule has 2 N–H and O–H groups in total. The summed E-state index contributed by atoms with van der Waals surface area (Å²) in [6.07, 6.45) is 2.94. The third-order valence-electron chi connectivity index (χ3n) is 3.91. The number of hydrogen-bond acceptors (Lipinski definition) is 3. The van der Waals surface area contributed by atoms with Crippen molar-refractivity contribution in [3.63, 3.8) is 0 Å². The molecule has 0 aliphatic carbocycles. The van der Waals surface area contributed by atoms with E-state index in [2.05, 4.69) is 22.5 Å². The number of hydrogen-bond donors (Lipinski definition) is 2. The maximum absolute atomic E-state index is 12.0. The molecule has 1 amide bonds. The molecule has 0 unspecified atom stereocenters. The molecule has 1 aliphatic rings. The third-order valence-corrected chi connectivity index (χ3v) is 3.91. The van der Waals surface area contributed by atoms with E-state index in [1.807, 2.05) is 30.3 Å². The predicted octanol–water partition coefficient (Wildman–Crippen LogP) is 2.09. The maximum Gasteiger partial charge on any atom is 0.225 e. The molecule has 1 heterocycles. The van der Waals surface area contributed by atoms with Gasteiger partial charge in [0, 0.05) is 24.7 Å². The Hall–Kier alpha value is -1.39. The Kier molecular flexibility index (Phi) is 6.02. The monoisotopic (exact) mass is 275 g/mol. The van der Waals surface area contributed by atoms with Crippen LogP contribution in [0.3, 0.4) is 0 Å². The Labute approximate surface area is 121 Å². The van der Waals surface area contributed by atoms with Gasteiger partial charge < -0.3 is 15.5 Å². The number of benzene rings is 1. The smallest absolute Gasteiger partial charge is 0.225 e. The fraction of sp³-hybridized carbons (Fsp3) is 0.562. The zero-order valence-electron chi connectivity index (χ0n) is 12.3. The standard InChI is InChI=1S/C16H25N3O/c1-2-19(15-8-11-17-12-9-15)13-10-16(20)18-14-6-4-3-5-7-14/h3-7,15,17H,2,8-13H2,1H3,(H,18,20). The molecular weight excluding hydrogens is 250 g/mol. The van der Waals surface area contributed by atoms with E-state index in [1.54, 1.807) is 0 Å². The summed E-state index contributed by atoms with van der Waals surface area (Å²) in [4.78, 5) is 14.4. The highest BCUT2D eigenvalue weighted by atomic mass is 16.1. The van der Waals surface area contributed by atoms with Crippen LogP contribution in [-0.4, -0.2) is 43.0 Å². The van der Waals surface area contributed by atoms with Crippen molar-refractivity contribution < 1.29 is 4.79 Å². The normalized spacial score (nSPS) is 16.3. The topological polar surface area (TPSA) is 44.4 Å². The Morgan fingerprint density at radius 3 is 2.65 bits per heavy atom. The molecule has 2 rings (SSSR count). The van der Waals surface area contributed by atoms with Crippen LogP contribution in [0, 0.1) is 0 Å². The van der Waals surface area contributed by atoms with Crippen molar-refractivity contribution >= 4 is 11.6 Å². The van der Waals surface area contributed by atoms with E-state index in [0.717, 1.165) is 31.9 Å². The minimum atomic E-state index is 0.101. The van der Waals surface area contributed by atoms with Gasteiger partial charge in [-0.25, -0.2) is 0 Å². The van der Waals surface area contributed by atoms with Crippen molar-refractivity contribution in [2.75, 3.05) is 31.5 Å². The first-order chi connectivity index (χ1) is 9.79. The number of nitrogens with zero attached hydrogens (tertiary/aromatic N) is 1. The predicted molar refractivity (Wildman–Crippen MR) is 82.8 cm³/mol. The summed E-state index contributed by atoms with van der Waals surface area (Å²) in [7, 11) is 0. The Bertz CT molecular complexity index is 401. The van der Waals surface area contributed by atoms with Crippen LogP contribution in [0.5, 0.6) is 0 Å². The van der Waals surface area contributed by atoms with Gasteiger partial charge in [-0.05, 0) is 44.6 Å². The molecule has 1 fully saturated rings. The number of carbonyl (C=O) groups is 1. The molecule has 1 aromatic rings. The van der Waals surface area contributed by atoms with E-state index in [9.17, 15) is 4.79 Å². The van der Waals surface area contributed by atoms with Crippen LogP contribution >= 0.6 is 0 Å². The summed E-state index contributed by atoms with van der Waals surface area (Å²) in [5.74, 6) is 0.101. The molecule has 1 aromatic carbocycles. The number of piperidine rings is 1. The van der Waals surface area contributed by atoms with Crippen LogP contribution in [0.2, 0.25) is 0 Å². The fourth-order valence-electron chi connectivity index (χ4n) is 2.76. The number of rotatable bonds is 6. The Morgan fingerprint density at radius 1 is 1.30 bits per heavy atom. The average Bonchev–Trinajstić information content (AvgIpc) is 2.50. The Morgan fingerprint density at radius 2 is 2.00 bits per heavy atom. The second-order valence-electron chi connectivity index (χ2n) is 5.27. The Balaban J connectivity index is 1.76. The molecule has 4 heteroatoms. The summed E-state index contributed by atoms with van der Waals surface area (Å²) in [6, 6.07) is 10.3. The van der Waals surface area contributed by atoms with Gasteiger partial charge in [0.25, 0.3) is 0 Å². The van der Waals surface area contributed by atoms with E-state index >= 15 is 0 Å². The highest BCUT2D eigenvalue weighted by Crippen LogP contribution is 2.12. The van der Waals surface area contributed by atoms with E-state index in [0.29, 0.717) is 12.5 Å². The van der Waals surface area contributed by atoms with Gasteiger partial charge in [-0.3, -0.25) is 4.79 Å². The van der Waals surface area contributed by atoms with Crippen molar-refractivity contribution in [1.29, 1.82) is 0 Å². The zero-order chi connectivity index (χ0) is 14.2. The average molecular weight is 275 g/mol. The van der Waals surface area contributed by atoms with E-state index in [1.165, 1.54) is 12.8 Å². The van der Waals surface area contributed by atoms with E-state index < -0.39 is 0 Å². The molecule has 0 radical (unpaired) electrons. The summed E-state index contributed by atoms with van der Waals surface area (Å²) in [5, 5.41) is 6.33. The molecule has 0 aromatic heterocycles. The van der Waals surface area contributed by atoms with Crippen LogP contribution in [0.15, 0.2) is 30.3 Å². The number of amides is 1. The molecule has 0 bridgehead atoms. The lowest BCUT2D eigenvalue weighted by Gasteiger charge is -2.33. The van der Waals surface area contributed by atoms with Crippen molar-refractivity contribution in [3.05, 3.63) is 30.3 Å². The summed E-state index contributed by atoms with van der Waals surface area (Å²) in [5.41, 5.74) is 0.877. The minimum absolute atomic E-state index is 0.101. The number of para-hydroxylation sites is 1. The van der Waals surface area contributed by atoms with Crippen LogP contribution in [0.4, 0.5) is 5.69 Å². The van der Waals surface area contributed by atoms with E-state index in [-0.39, 0.29) is 5.91 Å². The van der Waals surface area contributed by atoms with Crippen LogP contribution < -0.4 is 10.6 Å². The number of nitrogens with one attached hydrogen (secondary N) is 2. The largest absolute Gasteiger partial charge is 0.326 e. The first-order valence-electron chi connectivity index (χ1n) is 7.59. The lowest BCUT2D eigenvalue weighted by molar-refractivity contribution is -0.116. The molecule has 1 aliphatic heterocycles. The van der Waals surface area contributed by atoms with Crippen LogP contribution in [0.25, 0.3) is 0 Å². The van der Waals surface area contributed by atoms with Gasteiger partial charge >= 0.3 is 0 Å². The molecule has 20 heavy (non-hydrogen) atoms. The van der Waals surface area contributed by atoms with Gasteiger partial charge in [0.1, 0.15) is 0 Å². The first kappa shape index (κ1) is 15.0. The fourth-order valence-corrected chi connectivity index (χ4v) is 2.76. The van der Waals surface area contributed by atoms with Gasteiger partial charge in [0.05, 0.1) is 0 Å². The van der Waals surface area contributed by atoms with Crippen molar-refractivity contribution in [2.24, 2.45) is 0 Å². The maximum atomic E-state index is 12.0. The van der Waals surface area contributed by atoms with Crippen molar-refractivity contribution in [1.82, 2.24) is 10.2 Å². The molecule has 110 valence electrons. The summed E-state index contributed by atoms with van der Waals surface area (Å²) < 4.78 is 0. The molecule has 1 saturated heterocycles. The second-order valence-corrected chi connectivity index (χ2v) is 5.27. The molecule has 0 saturated carbocycles. The van der Waals surface area contributed by atoms with Gasteiger partial charge in [0.15, 0.2) is 0 Å². The third kappa shape index (κ3) is 4.62. The van der Waals surface area contributed by atoms with Gasteiger partial charge in [-0.2, -0.15) is 0 Å². The van der Waals surface area contributed by atoms with Crippen molar-refractivity contribution in [2.45, 2.75) is 32.2 Å². The van der Waals surface area contributed by atoms with Crippen molar-refractivity contribution in [3.8, 4) is 0 Å². The molecule has 0 atom stereocenters. The van der Waals surface area contributed by atoms with Gasteiger partial charge in [-0.15, -0.1) is 0 Å². The van der Waals surface area contributed by atoms with Crippen LogP contribution in [-0.2, 0) is 4.79 Å². The van der Waals surface area contributed by atoms with Gasteiger partial charge in [0.2, 0.25) is 5.91 Å². The highest BCUT2D eigenvalue weighted by Gasteiger charge is 2.19. The lowest BCUT2D eigenvalue weighted by atomic mass is 10.0. The summed E-state index contributed by atoms with van der Waals surface area (Å²) >= 11 is 0. The summed E-state index contributed by atoms with van der Waals surface area (Å²) in [6.45, 7) is 6.23. The highest BCUT2D eigenvalue weighted by molar-refractivity contribution is 5.90. The van der Waals surface area contributed by atoms with E-state index in [4.69, 9.17) is 0 Å². The number of anilines is 1. The quantitative estimate of drug-likeness (QED) is 0.835. The lowest BCUT2D eigenvalue weighted by Crippen LogP contribution is -2.44. The minimum Gasteiger partial charge on any atom is -0.326 e. The zero-order valence-corrected chi connectivity index (χ0v) is 12.3. The first-order valence-corrected chi connectivity index (χ1v) is 7.59. The van der Waals surface area contributed by atoms with Gasteiger partial charge in [-0.1, -0.05) is 25.1 Å². The molecule has 4 nitrogen and oxygen atoms in total. The molecule has 0 spiro atoms. The second kappa shape index (κ2) is 8.02. The SMILES string of the molecule is CCN(CCC(=O)Nc1ccccc1)C1CCNCC1. The van der Waals surface area contributed by atoms with Crippen LogP contribution in [0.1, 0.15) is 26.2 Å².